The summed E-state index contributed by atoms with van der Waals surface area (Å²) in [5.74, 6) is 0.686. The van der Waals surface area contributed by atoms with Crippen LogP contribution in [0.2, 0.25) is 0 Å². The first-order valence-corrected chi connectivity index (χ1v) is 5.97. The van der Waals surface area contributed by atoms with Crippen molar-refractivity contribution in [2.24, 2.45) is 7.05 Å². The molecule has 0 aliphatic heterocycles. The first-order chi connectivity index (χ1) is 7.58. The highest BCUT2D eigenvalue weighted by Gasteiger charge is 2.15. The Hall–Kier alpha value is -1.20. The van der Waals surface area contributed by atoms with E-state index in [0.717, 1.165) is 10.7 Å². The molecule has 2 heterocycles. The second kappa shape index (κ2) is 4.35. The second-order valence-electron chi connectivity index (χ2n) is 3.87. The van der Waals surface area contributed by atoms with Crippen molar-refractivity contribution in [2.45, 2.75) is 26.4 Å². The summed E-state index contributed by atoms with van der Waals surface area (Å²) in [6.45, 7) is 4.03. The van der Waals surface area contributed by atoms with Crippen molar-refractivity contribution in [1.82, 2.24) is 14.5 Å². The Balaban J connectivity index is 2.13. The van der Waals surface area contributed by atoms with Gasteiger partial charge >= 0.3 is 0 Å². The Kier molecular flexibility index (Phi) is 3.07. The molecule has 0 aliphatic rings. The van der Waals surface area contributed by atoms with Crippen LogP contribution in [-0.4, -0.2) is 19.6 Å². The molecule has 0 aliphatic carbocycles. The molecule has 5 heteroatoms. The number of thiazole rings is 1. The largest absolute Gasteiger partial charge is 0.385 e. The highest BCUT2D eigenvalue weighted by Crippen LogP contribution is 2.22. The van der Waals surface area contributed by atoms with Crippen molar-refractivity contribution in [2.75, 3.05) is 0 Å². The van der Waals surface area contributed by atoms with E-state index in [2.05, 4.69) is 9.97 Å². The summed E-state index contributed by atoms with van der Waals surface area (Å²) in [7, 11) is 1.88. The number of hydrogen-bond donors (Lipinski definition) is 1. The van der Waals surface area contributed by atoms with Crippen molar-refractivity contribution in [3.8, 4) is 0 Å². The number of rotatable bonds is 3. The van der Waals surface area contributed by atoms with Crippen LogP contribution in [0.5, 0.6) is 0 Å². The summed E-state index contributed by atoms with van der Waals surface area (Å²) in [5.41, 5.74) is 1.05. The maximum Gasteiger partial charge on any atom is 0.137 e. The van der Waals surface area contributed by atoms with Crippen molar-refractivity contribution in [3.63, 3.8) is 0 Å². The molecule has 0 amide bonds. The van der Waals surface area contributed by atoms with Crippen LogP contribution in [0.1, 0.15) is 27.5 Å². The normalized spacial score (nSPS) is 13.0. The lowest BCUT2D eigenvalue weighted by atomic mass is 10.2. The van der Waals surface area contributed by atoms with Crippen LogP contribution in [0.15, 0.2) is 12.4 Å². The van der Waals surface area contributed by atoms with Crippen LogP contribution in [0, 0.1) is 13.8 Å². The first kappa shape index (κ1) is 11.3. The standard InChI is InChI=1S/C11H15N3OS/c1-7-8(2)16-10(13-7)6-9(15)11-12-4-5-14(11)3/h4-5,9,15H,6H2,1-3H3. The van der Waals surface area contributed by atoms with Crippen molar-refractivity contribution in [1.29, 1.82) is 0 Å². The molecule has 0 radical (unpaired) electrons. The fraction of sp³-hybridized carbons (Fsp3) is 0.455. The molecule has 2 rings (SSSR count). The molecule has 1 N–H and O–H groups in total. The zero-order valence-corrected chi connectivity index (χ0v) is 10.5. The van der Waals surface area contributed by atoms with Gasteiger partial charge in [0.15, 0.2) is 0 Å². The van der Waals surface area contributed by atoms with Gasteiger partial charge in [-0.25, -0.2) is 9.97 Å². The van der Waals surface area contributed by atoms with Gasteiger partial charge in [-0.2, -0.15) is 0 Å². The average molecular weight is 237 g/mol. The van der Waals surface area contributed by atoms with Gasteiger partial charge in [-0.05, 0) is 13.8 Å². The maximum atomic E-state index is 10.0. The Morgan fingerprint density at radius 3 is 2.75 bits per heavy atom. The summed E-state index contributed by atoms with van der Waals surface area (Å²) in [5, 5.41) is 11.0. The summed E-state index contributed by atoms with van der Waals surface area (Å²) >= 11 is 1.64. The molecule has 1 unspecified atom stereocenters. The second-order valence-corrected chi connectivity index (χ2v) is 5.15. The van der Waals surface area contributed by atoms with E-state index in [-0.39, 0.29) is 0 Å². The third-order valence-electron chi connectivity index (χ3n) is 2.60. The predicted octanol–water partition coefficient (Wildman–Crippen LogP) is 1.77. The highest BCUT2D eigenvalue weighted by molar-refractivity contribution is 7.11. The van der Waals surface area contributed by atoms with E-state index in [4.69, 9.17) is 0 Å². The predicted molar refractivity (Wildman–Crippen MR) is 63.5 cm³/mol. The number of aryl methyl sites for hydroxylation is 3. The fourth-order valence-corrected chi connectivity index (χ4v) is 2.55. The minimum Gasteiger partial charge on any atom is -0.385 e. The van der Waals surface area contributed by atoms with Gasteiger partial charge in [-0.1, -0.05) is 0 Å². The molecule has 0 saturated carbocycles. The smallest absolute Gasteiger partial charge is 0.137 e. The average Bonchev–Trinajstić information content (AvgIpc) is 2.74. The molecular weight excluding hydrogens is 222 g/mol. The lowest BCUT2D eigenvalue weighted by Crippen LogP contribution is -2.08. The van der Waals surface area contributed by atoms with Gasteiger partial charge in [0.05, 0.1) is 10.7 Å². The minimum atomic E-state index is -0.579. The van der Waals surface area contributed by atoms with Gasteiger partial charge in [0.2, 0.25) is 0 Å². The Bertz CT molecular complexity index is 470. The lowest BCUT2D eigenvalue weighted by Gasteiger charge is -2.08. The van der Waals surface area contributed by atoms with Crippen LogP contribution in [0.25, 0.3) is 0 Å². The molecule has 0 fully saturated rings. The lowest BCUT2D eigenvalue weighted by molar-refractivity contribution is 0.165. The summed E-state index contributed by atoms with van der Waals surface area (Å²) in [6.07, 6.45) is 3.47. The van der Waals surface area contributed by atoms with Gasteiger partial charge in [0, 0.05) is 30.7 Å². The Labute approximate surface area is 98.6 Å². The molecule has 1 atom stereocenters. The van der Waals surface area contributed by atoms with Crippen molar-refractivity contribution < 1.29 is 5.11 Å². The van der Waals surface area contributed by atoms with E-state index in [1.54, 1.807) is 17.5 Å². The number of aliphatic hydroxyl groups excluding tert-OH is 1. The molecule has 86 valence electrons. The SMILES string of the molecule is Cc1nc(CC(O)c2nccn2C)sc1C. The molecular formula is C11H15N3OS. The molecule has 0 bridgehead atoms. The van der Waals surface area contributed by atoms with Crippen LogP contribution in [-0.2, 0) is 13.5 Å². The summed E-state index contributed by atoms with van der Waals surface area (Å²) in [6, 6.07) is 0. The Morgan fingerprint density at radius 1 is 1.50 bits per heavy atom. The van der Waals surface area contributed by atoms with Crippen LogP contribution < -0.4 is 0 Å². The number of aliphatic hydroxyl groups is 1. The van der Waals surface area contributed by atoms with Gasteiger partial charge in [0.25, 0.3) is 0 Å². The van der Waals surface area contributed by atoms with Gasteiger partial charge < -0.3 is 9.67 Å². The van der Waals surface area contributed by atoms with Crippen LogP contribution in [0.3, 0.4) is 0 Å². The van der Waals surface area contributed by atoms with Gasteiger partial charge in [-0.15, -0.1) is 11.3 Å². The third-order valence-corrected chi connectivity index (χ3v) is 3.69. The molecule has 0 saturated heterocycles. The maximum absolute atomic E-state index is 10.0. The van der Waals surface area contributed by atoms with Crippen LogP contribution in [0.4, 0.5) is 0 Å². The zero-order chi connectivity index (χ0) is 11.7. The van der Waals surface area contributed by atoms with E-state index < -0.39 is 6.10 Å². The van der Waals surface area contributed by atoms with Crippen molar-refractivity contribution >= 4 is 11.3 Å². The van der Waals surface area contributed by atoms with Crippen molar-refractivity contribution in [3.05, 3.63) is 33.8 Å². The first-order valence-electron chi connectivity index (χ1n) is 5.16. The summed E-state index contributed by atoms with van der Waals surface area (Å²) in [4.78, 5) is 9.75. The topological polar surface area (TPSA) is 50.9 Å². The molecule has 0 aromatic carbocycles. The van der Waals surface area contributed by atoms with E-state index in [9.17, 15) is 5.11 Å². The van der Waals surface area contributed by atoms with Gasteiger partial charge in [-0.3, -0.25) is 0 Å². The monoisotopic (exact) mass is 237 g/mol. The van der Waals surface area contributed by atoms with E-state index in [1.165, 1.54) is 4.88 Å². The molecule has 2 aromatic heterocycles. The molecule has 0 spiro atoms. The minimum absolute atomic E-state index is 0.532. The zero-order valence-electron chi connectivity index (χ0n) is 9.64. The number of hydrogen-bond acceptors (Lipinski definition) is 4. The number of nitrogens with zero attached hydrogens (tertiary/aromatic N) is 3. The van der Waals surface area contributed by atoms with Gasteiger partial charge in [0.1, 0.15) is 11.9 Å². The molecule has 4 nitrogen and oxygen atoms in total. The van der Waals surface area contributed by atoms with E-state index in [1.807, 2.05) is 31.7 Å². The number of imidazole rings is 1. The molecule has 16 heavy (non-hydrogen) atoms. The van der Waals surface area contributed by atoms with E-state index >= 15 is 0 Å². The quantitative estimate of drug-likeness (QED) is 0.885. The summed E-state index contributed by atoms with van der Waals surface area (Å²) < 4.78 is 1.83. The third kappa shape index (κ3) is 2.15. The fourth-order valence-electron chi connectivity index (χ4n) is 1.58. The van der Waals surface area contributed by atoms with E-state index in [0.29, 0.717) is 12.2 Å². The highest BCUT2D eigenvalue weighted by atomic mass is 32.1. The van der Waals surface area contributed by atoms with Crippen LogP contribution >= 0.6 is 11.3 Å². The molecule has 2 aromatic rings. The number of aromatic nitrogens is 3. The Morgan fingerprint density at radius 2 is 2.25 bits per heavy atom.